The molecule has 19 heteroatoms. The fourth-order valence-corrected chi connectivity index (χ4v) is 6.01. The number of hydrogen-bond acceptors (Lipinski definition) is 15. The number of carbonyl (C=O) groups is 1. The van der Waals surface area contributed by atoms with Gasteiger partial charge in [0.2, 0.25) is 0 Å². The lowest BCUT2D eigenvalue weighted by atomic mass is 10.0. The zero-order valence-electron chi connectivity index (χ0n) is 18.7. The Bertz CT molecular complexity index is 981. The predicted octanol–water partition coefficient (Wildman–Crippen LogP) is -2.37. The summed E-state index contributed by atoms with van der Waals surface area (Å²) in [6.45, 7) is 3.74. The first kappa shape index (κ1) is 29.7. The van der Waals surface area contributed by atoms with Crippen LogP contribution >= 0.6 is 28.3 Å². The quantitative estimate of drug-likeness (QED) is 0.112. The molecule has 2 saturated heterocycles. The summed E-state index contributed by atoms with van der Waals surface area (Å²) in [6.07, 6.45) is -8.72. The number of phosphoric acid groups is 2. The highest BCUT2D eigenvalue weighted by Crippen LogP contribution is 2.59. The van der Waals surface area contributed by atoms with E-state index < -0.39 is 77.1 Å². The van der Waals surface area contributed by atoms with Crippen molar-refractivity contribution in [3.8, 4) is 0 Å². The van der Waals surface area contributed by atoms with Crippen LogP contribution in [-0.4, -0.2) is 97.6 Å². The number of rotatable bonds is 9. The van der Waals surface area contributed by atoms with Crippen LogP contribution < -0.4 is 10.2 Å². The molecule has 0 aromatic rings. The van der Waals surface area contributed by atoms with Crippen LogP contribution in [0.2, 0.25) is 0 Å². The summed E-state index contributed by atoms with van der Waals surface area (Å²) in [5.41, 5.74) is 0.342. The van der Waals surface area contributed by atoms with E-state index in [1.165, 1.54) is 11.1 Å². The summed E-state index contributed by atoms with van der Waals surface area (Å²) in [6, 6.07) is 0. The van der Waals surface area contributed by atoms with Gasteiger partial charge in [0.15, 0.2) is 6.29 Å². The lowest BCUT2D eigenvalue weighted by molar-refractivity contribution is -0.279. The Balaban J connectivity index is 1.56. The fraction of sp³-hybridized carbons (Fsp3) is 0.706. The zero-order valence-corrected chi connectivity index (χ0v) is 21.4. The molecule has 0 spiro atoms. The minimum absolute atomic E-state index is 0.0101. The van der Waals surface area contributed by atoms with Crippen molar-refractivity contribution >= 4 is 34.2 Å². The molecule has 36 heavy (non-hydrogen) atoms. The number of aliphatic hydroxyl groups excluding tert-OH is 4. The fourth-order valence-electron chi connectivity index (χ4n) is 3.55. The van der Waals surface area contributed by atoms with E-state index >= 15 is 0 Å². The van der Waals surface area contributed by atoms with Crippen molar-refractivity contribution in [3.63, 3.8) is 0 Å². The van der Waals surface area contributed by atoms with E-state index in [0.717, 1.165) is 0 Å². The lowest BCUT2D eigenvalue weighted by Gasteiger charge is -2.41. The van der Waals surface area contributed by atoms with Gasteiger partial charge >= 0.3 is 7.82 Å². The SMILES string of the molecule is C=C1NC(=O)C(C)=CN1[C@H]1CC(O)[C@@H](COP(=O)(O)OP(=O)([O-])O[C@H]2OC(CO)[C@@H](S)[C@H](O)C2O)O1. The second-order valence-electron chi connectivity index (χ2n) is 8.15. The highest BCUT2D eigenvalue weighted by atomic mass is 32.1. The Morgan fingerprint density at radius 2 is 1.94 bits per heavy atom. The smallest absolute Gasteiger partial charge is 0.478 e. The topological polar surface area (TPSA) is 237 Å². The molecule has 3 aliphatic rings. The van der Waals surface area contributed by atoms with Crippen molar-refractivity contribution in [2.45, 2.75) is 61.6 Å². The molecule has 3 aliphatic heterocycles. The van der Waals surface area contributed by atoms with Crippen molar-refractivity contribution in [2.75, 3.05) is 13.2 Å². The number of nitrogens with zero attached hydrogens (tertiary/aromatic N) is 1. The summed E-state index contributed by atoms with van der Waals surface area (Å²) in [5.74, 6) is -0.190. The van der Waals surface area contributed by atoms with E-state index in [4.69, 9.17) is 9.47 Å². The van der Waals surface area contributed by atoms with Crippen LogP contribution in [0, 0.1) is 0 Å². The van der Waals surface area contributed by atoms with Gasteiger partial charge in [-0.05, 0) is 6.92 Å². The van der Waals surface area contributed by atoms with Crippen molar-refractivity contribution in [3.05, 3.63) is 24.2 Å². The van der Waals surface area contributed by atoms with Crippen LogP contribution in [0.1, 0.15) is 13.3 Å². The van der Waals surface area contributed by atoms with E-state index in [9.17, 15) is 44.1 Å². The Hall–Kier alpha value is -0.880. The molecule has 2 fully saturated rings. The monoisotopic (exact) mass is 577 g/mol. The number of amides is 1. The summed E-state index contributed by atoms with van der Waals surface area (Å²) in [4.78, 5) is 35.1. The molecule has 0 radical (unpaired) electrons. The highest BCUT2D eigenvalue weighted by Gasteiger charge is 2.46. The van der Waals surface area contributed by atoms with Crippen LogP contribution in [0.5, 0.6) is 0 Å². The van der Waals surface area contributed by atoms with Gasteiger partial charge in [-0.25, -0.2) is 8.88 Å². The third-order valence-electron chi connectivity index (χ3n) is 5.46. The molecule has 6 N–H and O–H groups in total. The zero-order chi connectivity index (χ0) is 27.0. The third-order valence-corrected chi connectivity index (χ3v) is 8.67. The first-order valence-corrected chi connectivity index (χ1v) is 13.9. The van der Waals surface area contributed by atoms with Crippen LogP contribution in [0.25, 0.3) is 0 Å². The van der Waals surface area contributed by atoms with Crippen molar-refractivity contribution in [1.29, 1.82) is 0 Å². The molecule has 206 valence electrons. The summed E-state index contributed by atoms with van der Waals surface area (Å²) in [5, 5.41) is 40.8. The number of nitrogens with one attached hydrogen (secondary N) is 1. The first-order chi connectivity index (χ1) is 16.6. The van der Waals surface area contributed by atoms with Gasteiger partial charge in [-0.2, -0.15) is 12.6 Å². The Morgan fingerprint density at radius 3 is 2.58 bits per heavy atom. The van der Waals surface area contributed by atoms with Gasteiger partial charge in [0.05, 0.1) is 36.8 Å². The maximum atomic E-state index is 12.2. The number of phosphoric ester groups is 2. The minimum Gasteiger partial charge on any atom is -0.756 e. The first-order valence-electron chi connectivity index (χ1n) is 10.4. The van der Waals surface area contributed by atoms with Gasteiger partial charge in [0.25, 0.3) is 13.7 Å². The summed E-state index contributed by atoms with van der Waals surface area (Å²) < 4.78 is 48.1. The predicted molar refractivity (Wildman–Crippen MR) is 118 cm³/mol. The van der Waals surface area contributed by atoms with Gasteiger partial charge in [0.1, 0.15) is 24.3 Å². The average molecular weight is 577 g/mol. The molecule has 0 bridgehead atoms. The van der Waals surface area contributed by atoms with E-state index in [0.29, 0.717) is 5.57 Å². The molecule has 5 unspecified atom stereocenters. The van der Waals surface area contributed by atoms with Gasteiger partial charge in [-0.3, -0.25) is 18.4 Å². The molecular formula is C17H27N2O14P2S-. The molecule has 0 saturated carbocycles. The number of carbonyl (C=O) groups excluding carboxylic acids is 1. The van der Waals surface area contributed by atoms with E-state index in [-0.39, 0.29) is 18.1 Å². The maximum Gasteiger partial charge on any atom is 0.478 e. The Kier molecular flexibility index (Phi) is 9.46. The highest BCUT2D eigenvalue weighted by molar-refractivity contribution is 7.81. The standard InChI is InChI=1S/C17H28N2O14P2S/c1-7-4-19(8(2)18-16(7)24)12-3-9(21)11(30-12)6-29-34(25,26)33-35(27,28)32-17-14(23)13(22)15(36)10(5-20)31-17/h4,9-15,17,20-23,36H,2-3,5-6H2,1H3,(H,18,24)(H,25,26)(H,27,28)/p-1/t9?,10?,11-,12-,13-,14?,15-,17-/m1/s1. The molecule has 1 amide bonds. The largest absolute Gasteiger partial charge is 0.756 e. The summed E-state index contributed by atoms with van der Waals surface area (Å²) in [7, 11) is -11.1. The number of thiol groups is 1. The van der Waals surface area contributed by atoms with E-state index in [2.05, 4.69) is 37.9 Å². The van der Waals surface area contributed by atoms with Crippen molar-refractivity contribution in [2.24, 2.45) is 0 Å². The van der Waals surface area contributed by atoms with Crippen LogP contribution in [0.15, 0.2) is 24.2 Å². The Labute approximate surface area is 210 Å². The second kappa shape index (κ2) is 11.5. The number of hydrogen-bond donors (Lipinski definition) is 7. The van der Waals surface area contributed by atoms with Gasteiger partial charge in [-0.1, -0.05) is 6.58 Å². The molecule has 0 aromatic heterocycles. The molecule has 16 nitrogen and oxygen atoms in total. The molecule has 3 heterocycles. The van der Waals surface area contributed by atoms with Gasteiger partial charge < -0.3 is 49.9 Å². The minimum atomic E-state index is -5.70. The van der Waals surface area contributed by atoms with Crippen molar-refractivity contribution in [1.82, 2.24) is 10.2 Å². The number of ether oxygens (including phenoxy) is 2. The maximum absolute atomic E-state index is 12.2. The summed E-state index contributed by atoms with van der Waals surface area (Å²) >= 11 is 3.95. The molecular weight excluding hydrogens is 550 g/mol. The van der Waals surface area contributed by atoms with Gasteiger partial charge in [0, 0.05) is 18.2 Å². The second-order valence-corrected chi connectivity index (χ2v) is 11.7. The molecule has 3 rings (SSSR count). The average Bonchev–Trinajstić information content (AvgIpc) is 3.14. The van der Waals surface area contributed by atoms with E-state index in [1.807, 2.05) is 0 Å². The van der Waals surface area contributed by atoms with E-state index in [1.54, 1.807) is 6.92 Å². The Morgan fingerprint density at radius 1 is 1.28 bits per heavy atom. The van der Waals surface area contributed by atoms with Gasteiger partial charge in [-0.15, -0.1) is 0 Å². The third kappa shape index (κ3) is 6.95. The normalized spacial score (nSPS) is 38.8. The molecule has 0 aromatic carbocycles. The van der Waals surface area contributed by atoms with Crippen LogP contribution in [0.4, 0.5) is 0 Å². The lowest BCUT2D eigenvalue weighted by Crippen LogP contribution is -2.57. The number of aliphatic hydroxyl groups is 4. The van der Waals surface area contributed by atoms with Crippen LogP contribution in [0.3, 0.4) is 0 Å². The molecule has 0 aliphatic carbocycles. The van der Waals surface area contributed by atoms with Crippen LogP contribution in [-0.2, 0) is 36.8 Å². The molecule has 10 atom stereocenters. The van der Waals surface area contributed by atoms with Crippen molar-refractivity contribution < 1.29 is 67.0 Å².